The van der Waals surface area contributed by atoms with Gasteiger partial charge in [0.15, 0.2) is 0 Å². The maximum atomic E-state index is 5.79. The van der Waals surface area contributed by atoms with Crippen molar-refractivity contribution >= 4 is 5.82 Å². The van der Waals surface area contributed by atoms with Crippen LogP contribution in [0.5, 0.6) is 0 Å². The Balaban J connectivity index is 2.06. The summed E-state index contributed by atoms with van der Waals surface area (Å²) in [7, 11) is 0. The van der Waals surface area contributed by atoms with Crippen molar-refractivity contribution in [2.75, 3.05) is 24.5 Å². The standard InChI is InChI=1S/C12H19N3/c1-10-5-7-15(9-11(10)8-13)12-4-2-3-6-14-12/h2-4,6,10-11H,5,7-9,13H2,1H3. The van der Waals surface area contributed by atoms with E-state index in [0.717, 1.165) is 31.4 Å². The van der Waals surface area contributed by atoms with Crippen molar-refractivity contribution in [2.24, 2.45) is 17.6 Å². The molecule has 3 heteroatoms. The van der Waals surface area contributed by atoms with Crippen molar-refractivity contribution < 1.29 is 0 Å². The molecule has 0 bridgehead atoms. The number of pyridine rings is 1. The molecular weight excluding hydrogens is 186 g/mol. The third-order valence-corrected chi connectivity index (χ3v) is 3.39. The molecule has 0 amide bonds. The summed E-state index contributed by atoms with van der Waals surface area (Å²) >= 11 is 0. The molecule has 1 aliphatic rings. The van der Waals surface area contributed by atoms with Crippen LogP contribution >= 0.6 is 0 Å². The minimum atomic E-state index is 0.612. The molecule has 1 aromatic rings. The van der Waals surface area contributed by atoms with Crippen molar-refractivity contribution in [3.63, 3.8) is 0 Å². The number of nitrogens with zero attached hydrogens (tertiary/aromatic N) is 2. The van der Waals surface area contributed by atoms with Gasteiger partial charge in [0.1, 0.15) is 5.82 Å². The molecule has 82 valence electrons. The summed E-state index contributed by atoms with van der Waals surface area (Å²) < 4.78 is 0. The Kier molecular flexibility index (Phi) is 3.21. The molecule has 0 aromatic carbocycles. The first-order valence-corrected chi connectivity index (χ1v) is 5.67. The first kappa shape index (κ1) is 10.4. The van der Waals surface area contributed by atoms with Gasteiger partial charge in [-0.1, -0.05) is 13.0 Å². The molecule has 2 N–H and O–H groups in total. The Morgan fingerprint density at radius 2 is 2.40 bits per heavy atom. The predicted molar refractivity (Wildman–Crippen MR) is 62.8 cm³/mol. The van der Waals surface area contributed by atoms with Gasteiger partial charge in [0.05, 0.1) is 0 Å². The molecule has 0 aliphatic carbocycles. The number of hydrogen-bond donors (Lipinski definition) is 1. The maximum Gasteiger partial charge on any atom is 0.128 e. The van der Waals surface area contributed by atoms with Gasteiger partial charge in [0, 0.05) is 19.3 Å². The Morgan fingerprint density at radius 1 is 1.53 bits per heavy atom. The third kappa shape index (κ3) is 2.29. The van der Waals surface area contributed by atoms with Crippen LogP contribution in [0.4, 0.5) is 5.82 Å². The topological polar surface area (TPSA) is 42.2 Å². The van der Waals surface area contributed by atoms with Gasteiger partial charge in [-0.05, 0) is 36.9 Å². The lowest BCUT2D eigenvalue weighted by atomic mass is 9.87. The van der Waals surface area contributed by atoms with Crippen LogP contribution in [0.15, 0.2) is 24.4 Å². The van der Waals surface area contributed by atoms with E-state index in [4.69, 9.17) is 5.73 Å². The monoisotopic (exact) mass is 205 g/mol. The summed E-state index contributed by atoms with van der Waals surface area (Å²) in [6.07, 6.45) is 3.07. The molecule has 3 nitrogen and oxygen atoms in total. The van der Waals surface area contributed by atoms with Gasteiger partial charge < -0.3 is 10.6 Å². The van der Waals surface area contributed by atoms with Crippen LogP contribution < -0.4 is 10.6 Å². The minimum Gasteiger partial charge on any atom is -0.356 e. The van der Waals surface area contributed by atoms with E-state index in [2.05, 4.69) is 22.9 Å². The molecule has 2 heterocycles. The van der Waals surface area contributed by atoms with Crippen molar-refractivity contribution in [1.82, 2.24) is 4.98 Å². The molecular formula is C12H19N3. The van der Waals surface area contributed by atoms with E-state index in [9.17, 15) is 0 Å². The average molecular weight is 205 g/mol. The van der Waals surface area contributed by atoms with Crippen LogP contribution in [0.1, 0.15) is 13.3 Å². The lowest BCUT2D eigenvalue weighted by molar-refractivity contribution is 0.307. The van der Waals surface area contributed by atoms with Crippen LogP contribution in [0.2, 0.25) is 0 Å². The van der Waals surface area contributed by atoms with Crippen molar-refractivity contribution in [3.05, 3.63) is 24.4 Å². The first-order valence-electron chi connectivity index (χ1n) is 5.67. The highest BCUT2D eigenvalue weighted by atomic mass is 15.2. The maximum absolute atomic E-state index is 5.79. The summed E-state index contributed by atoms with van der Waals surface area (Å²) in [5, 5.41) is 0. The largest absolute Gasteiger partial charge is 0.356 e. The summed E-state index contributed by atoms with van der Waals surface area (Å²) in [4.78, 5) is 6.73. The van der Waals surface area contributed by atoms with Crippen LogP contribution in [0.3, 0.4) is 0 Å². The molecule has 0 spiro atoms. The number of anilines is 1. The fraction of sp³-hybridized carbons (Fsp3) is 0.583. The Morgan fingerprint density at radius 3 is 3.07 bits per heavy atom. The van der Waals surface area contributed by atoms with Gasteiger partial charge in [0.2, 0.25) is 0 Å². The second kappa shape index (κ2) is 4.62. The fourth-order valence-electron chi connectivity index (χ4n) is 2.21. The summed E-state index contributed by atoms with van der Waals surface area (Å²) in [5.74, 6) is 2.44. The number of aromatic nitrogens is 1. The molecule has 0 saturated carbocycles. The average Bonchev–Trinajstić information content (AvgIpc) is 2.31. The Hall–Kier alpha value is -1.09. The van der Waals surface area contributed by atoms with Gasteiger partial charge in [-0.25, -0.2) is 4.98 Å². The van der Waals surface area contributed by atoms with Crippen LogP contribution in [0.25, 0.3) is 0 Å². The first-order chi connectivity index (χ1) is 7.31. The highest BCUT2D eigenvalue weighted by Crippen LogP contribution is 2.25. The lowest BCUT2D eigenvalue weighted by Gasteiger charge is -2.37. The predicted octanol–water partition coefficient (Wildman–Crippen LogP) is 1.50. The smallest absolute Gasteiger partial charge is 0.128 e. The number of piperidine rings is 1. The Labute approximate surface area is 91.3 Å². The summed E-state index contributed by atoms with van der Waals surface area (Å²) in [6, 6.07) is 6.07. The van der Waals surface area contributed by atoms with Gasteiger partial charge in [-0.15, -0.1) is 0 Å². The van der Waals surface area contributed by atoms with Crippen molar-refractivity contribution in [3.8, 4) is 0 Å². The second-order valence-corrected chi connectivity index (χ2v) is 4.40. The van der Waals surface area contributed by atoms with E-state index >= 15 is 0 Å². The molecule has 1 saturated heterocycles. The molecule has 1 fully saturated rings. The van der Waals surface area contributed by atoms with Crippen LogP contribution in [-0.4, -0.2) is 24.6 Å². The zero-order valence-corrected chi connectivity index (χ0v) is 9.26. The zero-order chi connectivity index (χ0) is 10.7. The van der Waals surface area contributed by atoms with E-state index in [-0.39, 0.29) is 0 Å². The number of rotatable bonds is 2. The third-order valence-electron chi connectivity index (χ3n) is 3.39. The fourth-order valence-corrected chi connectivity index (χ4v) is 2.21. The normalized spacial score (nSPS) is 26.7. The van der Waals surface area contributed by atoms with E-state index in [1.807, 2.05) is 18.3 Å². The quantitative estimate of drug-likeness (QED) is 0.795. The van der Waals surface area contributed by atoms with E-state index < -0.39 is 0 Å². The van der Waals surface area contributed by atoms with Crippen molar-refractivity contribution in [2.45, 2.75) is 13.3 Å². The van der Waals surface area contributed by atoms with Crippen LogP contribution in [-0.2, 0) is 0 Å². The van der Waals surface area contributed by atoms with Gasteiger partial charge >= 0.3 is 0 Å². The SMILES string of the molecule is CC1CCN(c2ccccn2)CC1CN. The summed E-state index contributed by atoms with van der Waals surface area (Å²) in [6.45, 7) is 5.24. The highest BCUT2D eigenvalue weighted by molar-refractivity contribution is 5.38. The van der Waals surface area contributed by atoms with E-state index in [1.54, 1.807) is 0 Å². The lowest BCUT2D eigenvalue weighted by Crippen LogP contribution is -2.43. The number of hydrogen-bond acceptors (Lipinski definition) is 3. The molecule has 1 aliphatic heterocycles. The van der Waals surface area contributed by atoms with Gasteiger partial charge in [0.25, 0.3) is 0 Å². The molecule has 0 radical (unpaired) electrons. The highest BCUT2D eigenvalue weighted by Gasteiger charge is 2.25. The molecule has 15 heavy (non-hydrogen) atoms. The van der Waals surface area contributed by atoms with E-state index in [0.29, 0.717) is 5.92 Å². The minimum absolute atomic E-state index is 0.612. The molecule has 1 aromatic heterocycles. The molecule has 2 unspecified atom stereocenters. The van der Waals surface area contributed by atoms with Crippen LogP contribution in [0, 0.1) is 11.8 Å². The van der Waals surface area contributed by atoms with Gasteiger partial charge in [-0.3, -0.25) is 0 Å². The molecule has 2 atom stereocenters. The summed E-state index contributed by atoms with van der Waals surface area (Å²) in [5.41, 5.74) is 5.79. The number of nitrogens with two attached hydrogens (primary N) is 1. The van der Waals surface area contributed by atoms with Crippen molar-refractivity contribution in [1.29, 1.82) is 0 Å². The Bertz CT molecular complexity index is 299. The van der Waals surface area contributed by atoms with E-state index in [1.165, 1.54) is 6.42 Å². The van der Waals surface area contributed by atoms with Gasteiger partial charge in [-0.2, -0.15) is 0 Å². The zero-order valence-electron chi connectivity index (χ0n) is 9.26. The second-order valence-electron chi connectivity index (χ2n) is 4.40. The molecule has 2 rings (SSSR count).